The lowest BCUT2D eigenvalue weighted by Crippen LogP contribution is -2.33. The van der Waals surface area contributed by atoms with E-state index in [-0.39, 0.29) is 30.7 Å². The minimum atomic E-state index is -4.40. The third kappa shape index (κ3) is 5.46. The molecular weight excluding hydrogens is 271 g/mol. The van der Waals surface area contributed by atoms with Crippen LogP contribution in [0.15, 0.2) is 18.3 Å². The van der Waals surface area contributed by atoms with Crippen LogP contribution < -0.4 is 10.6 Å². The molecule has 1 atom stereocenters. The van der Waals surface area contributed by atoms with Gasteiger partial charge in [0.1, 0.15) is 5.82 Å². The molecule has 0 aromatic carbocycles. The molecule has 0 fully saturated rings. The highest BCUT2D eigenvalue weighted by Crippen LogP contribution is 2.29. The maximum atomic E-state index is 12.5. The largest absolute Gasteiger partial charge is 0.416 e. The van der Waals surface area contributed by atoms with Gasteiger partial charge in [-0.15, -0.1) is 0 Å². The van der Waals surface area contributed by atoms with Crippen molar-refractivity contribution < 1.29 is 18.0 Å². The van der Waals surface area contributed by atoms with E-state index in [2.05, 4.69) is 15.6 Å². The summed E-state index contributed by atoms with van der Waals surface area (Å²) < 4.78 is 37.4. The highest BCUT2D eigenvalue weighted by atomic mass is 19.4. The molecule has 2 N–H and O–H groups in total. The zero-order chi connectivity index (χ0) is 15.2. The highest BCUT2D eigenvalue weighted by molar-refractivity contribution is 5.76. The molecule has 112 valence electrons. The number of nitrogens with one attached hydrogen (secondary N) is 2. The Kier molecular flexibility index (Phi) is 5.79. The van der Waals surface area contributed by atoms with E-state index in [0.717, 1.165) is 24.8 Å². The van der Waals surface area contributed by atoms with Gasteiger partial charge in [0, 0.05) is 25.2 Å². The average molecular weight is 289 g/mol. The Bertz CT molecular complexity index is 449. The van der Waals surface area contributed by atoms with E-state index < -0.39 is 11.7 Å². The van der Waals surface area contributed by atoms with E-state index in [4.69, 9.17) is 0 Å². The van der Waals surface area contributed by atoms with Crippen molar-refractivity contribution in [2.45, 2.75) is 38.9 Å². The second-order valence-electron chi connectivity index (χ2n) is 4.48. The standard InChI is InChI=1S/C13H18F3N3O/c1-3-9(2)19-12(20)5-7-18-11-8-10(4-6-17-11)13(14,15)16/h4,6,8-9H,3,5,7H2,1-2H3,(H,17,18)(H,19,20). The number of anilines is 1. The fraction of sp³-hybridized carbons (Fsp3) is 0.538. The normalized spacial score (nSPS) is 12.8. The van der Waals surface area contributed by atoms with Gasteiger partial charge in [-0.2, -0.15) is 13.2 Å². The number of pyridine rings is 1. The smallest absolute Gasteiger partial charge is 0.370 e. The Labute approximate surface area is 115 Å². The Morgan fingerprint density at radius 2 is 2.15 bits per heavy atom. The molecule has 0 aliphatic carbocycles. The Balaban J connectivity index is 2.45. The van der Waals surface area contributed by atoms with Crippen molar-refractivity contribution >= 4 is 11.7 Å². The van der Waals surface area contributed by atoms with Crippen LogP contribution in [0.3, 0.4) is 0 Å². The van der Waals surface area contributed by atoms with Gasteiger partial charge in [0.05, 0.1) is 5.56 Å². The number of carbonyl (C=O) groups excluding carboxylic acids is 1. The Morgan fingerprint density at radius 3 is 2.75 bits per heavy atom. The van der Waals surface area contributed by atoms with Gasteiger partial charge >= 0.3 is 6.18 Å². The lowest BCUT2D eigenvalue weighted by atomic mass is 10.2. The molecule has 0 spiro atoms. The van der Waals surface area contributed by atoms with Crippen LogP contribution in [0.2, 0.25) is 0 Å². The zero-order valence-electron chi connectivity index (χ0n) is 11.4. The SMILES string of the molecule is CCC(C)NC(=O)CCNc1cc(C(F)(F)F)ccn1. The maximum Gasteiger partial charge on any atom is 0.416 e. The molecule has 0 aliphatic heterocycles. The first-order valence-electron chi connectivity index (χ1n) is 6.39. The van der Waals surface area contributed by atoms with E-state index >= 15 is 0 Å². The number of amides is 1. The van der Waals surface area contributed by atoms with Crippen LogP contribution in [0.1, 0.15) is 32.3 Å². The molecule has 1 heterocycles. The van der Waals surface area contributed by atoms with Gasteiger partial charge in [0.25, 0.3) is 0 Å². The van der Waals surface area contributed by atoms with Crippen LogP contribution >= 0.6 is 0 Å². The number of aromatic nitrogens is 1. The van der Waals surface area contributed by atoms with Crippen molar-refractivity contribution in [2.75, 3.05) is 11.9 Å². The summed E-state index contributed by atoms with van der Waals surface area (Å²) in [6.07, 6.45) is -2.30. The first-order valence-corrected chi connectivity index (χ1v) is 6.39. The van der Waals surface area contributed by atoms with Gasteiger partial charge in [-0.1, -0.05) is 6.92 Å². The lowest BCUT2D eigenvalue weighted by molar-refractivity contribution is -0.137. The summed E-state index contributed by atoms with van der Waals surface area (Å²) in [5, 5.41) is 5.48. The van der Waals surface area contributed by atoms with Crippen molar-refractivity contribution in [1.29, 1.82) is 0 Å². The molecule has 1 aromatic heterocycles. The number of halogens is 3. The predicted octanol–water partition coefficient (Wildman–Crippen LogP) is 2.82. The van der Waals surface area contributed by atoms with Crippen molar-refractivity contribution in [3.05, 3.63) is 23.9 Å². The fourth-order valence-corrected chi connectivity index (χ4v) is 1.46. The number of carbonyl (C=O) groups is 1. The molecule has 7 heteroatoms. The monoisotopic (exact) mass is 289 g/mol. The maximum absolute atomic E-state index is 12.5. The summed E-state index contributed by atoms with van der Waals surface area (Å²) in [6, 6.07) is 1.92. The topological polar surface area (TPSA) is 54.0 Å². The van der Waals surface area contributed by atoms with Gasteiger partial charge in [0.2, 0.25) is 5.91 Å². The average Bonchev–Trinajstić information content (AvgIpc) is 2.38. The summed E-state index contributed by atoms with van der Waals surface area (Å²) in [7, 11) is 0. The third-order valence-electron chi connectivity index (χ3n) is 2.77. The quantitative estimate of drug-likeness (QED) is 0.846. The summed E-state index contributed by atoms with van der Waals surface area (Å²) in [5.41, 5.74) is -0.765. The van der Waals surface area contributed by atoms with Crippen LogP contribution in [0.5, 0.6) is 0 Å². The Hall–Kier alpha value is -1.79. The van der Waals surface area contributed by atoms with Crippen molar-refractivity contribution in [2.24, 2.45) is 0 Å². The van der Waals surface area contributed by atoms with Gasteiger partial charge in [0.15, 0.2) is 0 Å². The van der Waals surface area contributed by atoms with Crippen molar-refractivity contribution in [1.82, 2.24) is 10.3 Å². The molecule has 0 bridgehead atoms. The van der Waals surface area contributed by atoms with Crippen molar-refractivity contribution in [3.63, 3.8) is 0 Å². The number of rotatable bonds is 6. The van der Waals surface area contributed by atoms with Crippen molar-refractivity contribution in [3.8, 4) is 0 Å². The van der Waals surface area contributed by atoms with Gasteiger partial charge in [-0.05, 0) is 25.5 Å². The van der Waals surface area contributed by atoms with Crippen LogP contribution in [-0.4, -0.2) is 23.5 Å². The second kappa shape index (κ2) is 7.12. The van der Waals surface area contributed by atoms with Gasteiger partial charge in [-0.25, -0.2) is 4.98 Å². The molecule has 1 aromatic rings. The molecule has 1 unspecified atom stereocenters. The minimum Gasteiger partial charge on any atom is -0.370 e. The van der Waals surface area contributed by atoms with E-state index in [9.17, 15) is 18.0 Å². The van der Waals surface area contributed by atoms with Crippen LogP contribution in [-0.2, 0) is 11.0 Å². The molecule has 0 radical (unpaired) electrons. The third-order valence-corrected chi connectivity index (χ3v) is 2.77. The zero-order valence-corrected chi connectivity index (χ0v) is 11.4. The number of alkyl halides is 3. The van der Waals surface area contributed by atoms with Gasteiger partial charge < -0.3 is 10.6 Å². The molecular formula is C13H18F3N3O. The first kappa shape index (κ1) is 16.3. The highest BCUT2D eigenvalue weighted by Gasteiger charge is 2.30. The molecule has 0 saturated heterocycles. The van der Waals surface area contributed by atoms with E-state index in [1.807, 2.05) is 13.8 Å². The molecule has 4 nitrogen and oxygen atoms in total. The summed E-state index contributed by atoms with van der Waals surface area (Å²) in [4.78, 5) is 15.3. The predicted molar refractivity (Wildman–Crippen MR) is 70.2 cm³/mol. The van der Waals surface area contributed by atoms with Crippen LogP contribution in [0, 0.1) is 0 Å². The number of nitrogens with zero attached hydrogens (tertiary/aromatic N) is 1. The minimum absolute atomic E-state index is 0.0918. The van der Waals surface area contributed by atoms with E-state index in [0.29, 0.717) is 0 Å². The number of hydrogen-bond donors (Lipinski definition) is 2. The number of hydrogen-bond acceptors (Lipinski definition) is 3. The molecule has 20 heavy (non-hydrogen) atoms. The van der Waals surface area contributed by atoms with E-state index in [1.54, 1.807) is 0 Å². The summed E-state index contributed by atoms with van der Waals surface area (Å²) >= 11 is 0. The summed E-state index contributed by atoms with van der Waals surface area (Å²) in [6.45, 7) is 4.08. The van der Waals surface area contributed by atoms with Crippen LogP contribution in [0.4, 0.5) is 19.0 Å². The lowest BCUT2D eigenvalue weighted by Gasteiger charge is -2.12. The molecule has 0 saturated carbocycles. The second-order valence-corrected chi connectivity index (χ2v) is 4.48. The summed E-state index contributed by atoms with van der Waals surface area (Å²) in [5.74, 6) is -0.0324. The molecule has 0 aliphatic rings. The van der Waals surface area contributed by atoms with Gasteiger partial charge in [-0.3, -0.25) is 4.79 Å². The molecule has 1 rings (SSSR count). The fourth-order valence-electron chi connectivity index (χ4n) is 1.46. The first-order chi connectivity index (χ1) is 9.32. The van der Waals surface area contributed by atoms with E-state index in [1.165, 1.54) is 0 Å². The molecule has 1 amide bonds. The van der Waals surface area contributed by atoms with Crippen LogP contribution in [0.25, 0.3) is 0 Å². The Morgan fingerprint density at radius 1 is 1.45 bits per heavy atom.